The molecule has 1 nitrogen and oxygen atoms in total. The fourth-order valence-corrected chi connectivity index (χ4v) is 2.80. The largest absolute Gasteiger partial charge is 0.200 e. The number of rotatable bonds is 9. The second kappa shape index (κ2) is 9.12. The third kappa shape index (κ3) is 5.76. The predicted octanol–water partition coefficient (Wildman–Crippen LogP) is 4.90. The summed E-state index contributed by atoms with van der Waals surface area (Å²) in [5, 5.41) is 0. The van der Waals surface area contributed by atoms with Gasteiger partial charge in [-0.2, -0.15) is 0 Å². The summed E-state index contributed by atoms with van der Waals surface area (Å²) < 4.78 is 2.55. The van der Waals surface area contributed by atoms with Crippen LogP contribution in [0.2, 0.25) is 0 Å². The summed E-state index contributed by atoms with van der Waals surface area (Å²) in [6.45, 7) is 10.2. The average molecular weight is 262 g/mol. The zero-order valence-corrected chi connectivity index (χ0v) is 13.5. The first kappa shape index (κ1) is 16.2. The van der Waals surface area contributed by atoms with Crippen LogP contribution in [-0.4, -0.2) is 0 Å². The lowest BCUT2D eigenvalue weighted by Gasteiger charge is -2.08. The molecule has 0 radical (unpaired) electrons. The molecule has 19 heavy (non-hydrogen) atoms. The van der Waals surface area contributed by atoms with Crippen LogP contribution in [0.4, 0.5) is 0 Å². The molecule has 1 aromatic rings. The van der Waals surface area contributed by atoms with Gasteiger partial charge in [0.15, 0.2) is 11.4 Å². The van der Waals surface area contributed by atoms with E-state index in [0.717, 1.165) is 0 Å². The van der Waals surface area contributed by atoms with Crippen molar-refractivity contribution in [2.45, 2.75) is 85.6 Å². The van der Waals surface area contributed by atoms with Crippen LogP contribution in [0, 0.1) is 13.8 Å². The lowest BCUT2D eigenvalue weighted by molar-refractivity contribution is -0.710. The Labute approximate surface area is 120 Å². The lowest BCUT2D eigenvalue weighted by Crippen LogP contribution is -2.41. The molecule has 1 rings (SSSR count). The van der Waals surface area contributed by atoms with Gasteiger partial charge in [0.2, 0.25) is 0 Å². The van der Waals surface area contributed by atoms with Gasteiger partial charge < -0.3 is 0 Å². The third-order valence-corrected chi connectivity index (χ3v) is 3.88. The van der Waals surface area contributed by atoms with Crippen molar-refractivity contribution in [2.75, 3.05) is 0 Å². The smallest absolute Gasteiger partial charge is 0.181 e. The maximum Gasteiger partial charge on any atom is 0.181 e. The normalized spacial score (nSPS) is 10.9. The van der Waals surface area contributed by atoms with Gasteiger partial charge in [-0.15, -0.1) is 0 Å². The van der Waals surface area contributed by atoms with Crippen molar-refractivity contribution in [3.63, 3.8) is 0 Å². The third-order valence-electron chi connectivity index (χ3n) is 3.88. The topological polar surface area (TPSA) is 3.88 Å². The van der Waals surface area contributed by atoms with Crippen molar-refractivity contribution in [3.05, 3.63) is 29.1 Å². The monoisotopic (exact) mass is 262 g/mol. The minimum absolute atomic E-state index is 1.20. The molecule has 0 N–H and O–H groups in total. The molecule has 0 spiro atoms. The highest BCUT2D eigenvalue weighted by Gasteiger charge is 2.14. The van der Waals surface area contributed by atoms with Crippen molar-refractivity contribution in [2.24, 2.45) is 0 Å². The standard InChI is InChI=1S/C18H32N/c1-5-7-9-11-13-19-17(4)14-16(3)15-18(19)12-10-8-6-2/h14-15H,5-13H2,1-4H3/q+1. The van der Waals surface area contributed by atoms with E-state index in [2.05, 4.69) is 44.4 Å². The molecular weight excluding hydrogens is 230 g/mol. The summed E-state index contributed by atoms with van der Waals surface area (Å²) in [6, 6.07) is 4.71. The second-order valence-corrected chi connectivity index (χ2v) is 5.83. The highest BCUT2D eigenvalue weighted by Crippen LogP contribution is 2.09. The van der Waals surface area contributed by atoms with Crippen molar-refractivity contribution < 1.29 is 4.57 Å². The summed E-state index contributed by atoms with van der Waals surface area (Å²) in [7, 11) is 0. The van der Waals surface area contributed by atoms with E-state index in [-0.39, 0.29) is 0 Å². The van der Waals surface area contributed by atoms with E-state index in [1.165, 1.54) is 69.2 Å². The molecule has 0 amide bonds. The van der Waals surface area contributed by atoms with Crippen molar-refractivity contribution in [3.8, 4) is 0 Å². The van der Waals surface area contributed by atoms with Crippen molar-refractivity contribution in [1.29, 1.82) is 0 Å². The molecule has 108 valence electrons. The van der Waals surface area contributed by atoms with Crippen molar-refractivity contribution in [1.82, 2.24) is 0 Å². The van der Waals surface area contributed by atoms with Crippen LogP contribution in [0.5, 0.6) is 0 Å². The van der Waals surface area contributed by atoms with Crippen LogP contribution in [0.25, 0.3) is 0 Å². The van der Waals surface area contributed by atoms with Crippen LogP contribution in [0.15, 0.2) is 12.1 Å². The van der Waals surface area contributed by atoms with Gasteiger partial charge in [-0.1, -0.05) is 39.5 Å². The van der Waals surface area contributed by atoms with E-state index in [0.29, 0.717) is 0 Å². The van der Waals surface area contributed by atoms with Gasteiger partial charge in [-0.3, -0.25) is 0 Å². The number of aryl methyl sites for hydroxylation is 3. The van der Waals surface area contributed by atoms with Crippen LogP contribution in [0.3, 0.4) is 0 Å². The predicted molar refractivity (Wildman–Crippen MR) is 83.5 cm³/mol. The average Bonchev–Trinajstić information content (AvgIpc) is 2.37. The molecule has 0 saturated heterocycles. The highest BCUT2D eigenvalue weighted by atomic mass is 15.0. The molecule has 1 heterocycles. The van der Waals surface area contributed by atoms with E-state index >= 15 is 0 Å². The molecule has 0 bridgehead atoms. The molecule has 0 atom stereocenters. The number of hydrogen-bond donors (Lipinski definition) is 0. The Morgan fingerprint density at radius 2 is 1.53 bits per heavy atom. The quantitative estimate of drug-likeness (QED) is 0.440. The van der Waals surface area contributed by atoms with E-state index in [1.54, 1.807) is 5.69 Å². The Kier molecular flexibility index (Phi) is 7.78. The molecule has 1 aromatic heterocycles. The van der Waals surface area contributed by atoms with E-state index < -0.39 is 0 Å². The maximum absolute atomic E-state index is 2.55. The maximum atomic E-state index is 2.55. The van der Waals surface area contributed by atoms with Gasteiger partial charge in [-0.25, -0.2) is 4.57 Å². The Morgan fingerprint density at radius 1 is 0.842 bits per heavy atom. The van der Waals surface area contributed by atoms with E-state index in [9.17, 15) is 0 Å². The van der Waals surface area contributed by atoms with Gasteiger partial charge in [0.25, 0.3) is 0 Å². The zero-order chi connectivity index (χ0) is 14.1. The first-order valence-electron chi connectivity index (χ1n) is 8.19. The van der Waals surface area contributed by atoms with Crippen LogP contribution in [-0.2, 0) is 13.0 Å². The number of nitrogens with zero attached hydrogens (tertiary/aromatic N) is 1. The Bertz CT molecular complexity index is 368. The summed E-state index contributed by atoms with van der Waals surface area (Å²) in [5.74, 6) is 0. The lowest BCUT2D eigenvalue weighted by atomic mass is 10.1. The van der Waals surface area contributed by atoms with Crippen LogP contribution >= 0.6 is 0 Å². The summed E-state index contributed by atoms with van der Waals surface area (Å²) in [5.41, 5.74) is 4.39. The highest BCUT2D eigenvalue weighted by molar-refractivity contribution is 5.14. The van der Waals surface area contributed by atoms with Gasteiger partial charge in [0, 0.05) is 31.9 Å². The minimum Gasteiger partial charge on any atom is -0.200 e. The Hall–Kier alpha value is -0.850. The SMILES string of the molecule is CCCCCC[n+]1c(C)cc(C)cc1CCCCC. The molecule has 0 aliphatic rings. The fourth-order valence-electron chi connectivity index (χ4n) is 2.80. The number of aromatic nitrogens is 1. The molecular formula is C18H32N+. The van der Waals surface area contributed by atoms with E-state index in [4.69, 9.17) is 0 Å². The molecule has 0 aliphatic carbocycles. The Morgan fingerprint density at radius 3 is 2.21 bits per heavy atom. The van der Waals surface area contributed by atoms with Gasteiger partial charge >= 0.3 is 0 Å². The minimum atomic E-state index is 1.20. The summed E-state index contributed by atoms with van der Waals surface area (Å²) in [4.78, 5) is 0. The zero-order valence-electron chi connectivity index (χ0n) is 13.5. The fraction of sp³-hybridized carbons (Fsp3) is 0.722. The first-order valence-corrected chi connectivity index (χ1v) is 8.19. The molecule has 0 unspecified atom stereocenters. The second-order valence-electron chi connectivity index (χ2n) is 5.83. The van der Waals surface area contributed by atoms with Crippen molar-refractivity contribution >= 4 is 0 Å². The summed E-state index contributed by atoms with van der Waals surface area (Å²) >= 11 is 0. The van der Waals surface area contributed by atoms with Gasteiger partial charge in [0.1, 0.15) is 6.54 Å². The number of unbranched alkanes of at least 4 members (excludes halogenated alkanes) is 5. The Balaban J connectivity index is 2.69. The first-order chi connectivity index (χ1) is 9.19. The molecule has 0 fully saturated rings. The van der Waals surface area contributed by atoms with Gasteiger partial charge in [0.05, 0.1) is 0 Å². The number of pyridine rings is 1. The molecule has 0 aliphatic heterocycles. The molecule has 1 heteroatoms. The van der Waals surface area contributed by atoms with Crippen LogP contribution < -0.4 is 4.57 Å². The van der Waals surface area contributed by atoms with Gasteiger partial charge in [-0.05, 0) is 25.3 Å². The number of hydrogen-bond acceptors (Lipinski definition) is 0. The molecule has 0 saturated carbocycles. The summed E-state index contributed by atoms with van der Waals surface area (Å²) in [6.07, 6.45) is 10.6. The molecule has 0 aromatic carbocycles. The van der Waals surface area contributed by atoms with E-state index in [1.807, 2.05) is 0 Å². The van der Waals surface area contributed by atoms with Crippen LogP contribution in [0.1, 0.15) is 75.7 Å².